The number of aliphatic imine (C=N–C) groups is 1. The largest absolute Gasteiger partial charge is 0.469 e. The third-order valence-corrected chi connectivity index (χ3v) is 3.97. The number of hydrogen-bond acceptors (Lipinski definition) is 3. The van der Waals surface area contributed by atoms with E-state index in [1.165, 1.54) is 18.2 Å². The number of benzene rings is 1. The zero-order valence-corrected chi connectivity index (χ0v) is 18.2. The molecule has 0 amide bonds. The summed E-state index contributed by atoms with van der Waals surface area (Å²) < 4.78 is 33.6. The smallest absolute Gasteiger partial charge is 0.191 e. The minimum Gasteiger partial charge on any atom is -0.469 e. The molecule has 0 radical (unpaired) electrons. The summed E-state index contributed by atoms with van der Waals surface area (Å²) in [6.45, 7) is 3.51. The van der Waals surface area contributed by atoms with Gasteiger partial charge in [0.05, 0.1) is 18.8 Å². The average Bonchev–Trinajstić information content (AvgIpc) is 3.10. The van der Waals surface area contributed by atoms with Crippen molar-refractivity contribution in [3.8, 4) is 0 Å². The molecule has 0 aliphatic carbocycles. The molecule has 0 fully saturated rings. The first-order valence-electron chi connectivity index (χ1n) is 8.67. The van der Waals surface area contributed by atoms with Crippen LogP contribution in [0.1, 0.15) is 24.3 Å². The van der Waals surface area contributed by atoms with Crippen LogP contribution < -0.4 is 10.6 Å². The van der Waals surface area contributed by atoms with Crippen LogP contribution in [-0.2, 0) is 6.42 Å². The maximum Gasteiger partial charge on any atom is 0.191 e. The standard InChI is InChI=1S/C19H26F2N4O.HI/c1-4-22-19(23-11-10-14-7-6-12-26-14)24-13-17(25(2)3)18-15(20)8-5-9-16(18)21;/h5-9,12,17H,4,10-11,13H2,1-3H3,(H2,22,23,24);1H. The van der Waals surface area contributed by atoms with Gasteiger partial charge in [0, 0.05) is 25.1 Å². The number of rotatable bonds is 8. The lowest BCUT2D eigenvalue weighted by molar-refractivity contribution is 0.290. The monoisotopic (exact) mass is 492 g/mol. The Hall–Kier alpha value is -1.68. The predicted molar refractivity (Wildman–Crippen MR) is 115 cm³/mol. The molecule has 1 heterocycles. The van der Waals surface area contributed by atoms with Gasteiger partial charge < -0.3 is 20.0 Å². The van der Waals surface area contributed by atoms with Crippen molar-refractivity contribution in [1.29, 1.82) is 0 Å². The number of likely N-dealkylation sites (N-methyl/N-ethyl adjacent to an activating group) is 1. The van der Waals surface area contributed by atoms with Crippen molar-refractivity contribution in [2.75, 3.05) is 33.7 Å². The van der Waals surface area contributed by atoms with E-state index in [0.717, 1.165) is 12.2 Å². The van der Waals surface area contributed by atoms with E-state index in [4.69, 9.17) is 4.42 Å². The Morgan fingerprint density at radius 3 is 2.41 bits per heavy atom. The van der Waals surface area contributed by atoms with Gasteiger partial charge in [0.15, 0.2) is 5.96 Å². The van der Waals surface area contributed by atoms with Crippen molar-refractivity contribution < 1.29 is 13.2 Å². The van der Waals surface area contributed by atoms with Crippen molar-refractivity contribution in [1.82, 2.24) is 15.5 Å². The van der Waals surface area contributed by atoms with Crippen molar-refractivity contribution >= 4 is 29.9 Å². The van der Waals surface area contributed by atoms with Gasteiger partial charge in [0.2, 0.25) is 0 Å². The second kappa shape index (κ2) is 11.9. The maximum absolute atomic E-state index is 14.1. The quantitative estimate of drug-likeness (QED) is 0.336. The van der Waals surface area contributed by atoms with Crippen LogP contribution in [0.25, 0.3) is 0 Å². The van der Waals surface area contributed by atoms with Gasteiger partial charge in [-0.15, -0.1) is 24.0 Å². The van der Waals surface area contributed by atoms with Gasteiger partial charge in [-0.2, -0.15) is 0 Å². The molecular formula is C19H27F2IN4O. The molecule has 0 aliphatic heterocycles. The first-order chi connectivity index (χ1) is 12.5. The molecule has 27 heavy (non-hydrogen) atoms. The van der Waals surface area contributed by atoms with E-state index in [0.29, 0.717) is 19.0 Å². The van der Waals surface area contributed by atoms with E-state index in [-0.39, 0.29) is 36.1 Å². The summed E-state index contributed by atoms with van der Waals surface area (Å²) >= 11 is 0. The Morgan fingerprint density at radius 1 is 1.15 bits per heavy atom. The summed E-state index contributed by atoms with van der Waals surface area (Å²) in [5.41, 5.74) is 0.0349. The Bertz CT molecular complexity index is 687. The van der Waals surface area contributed by atoms with Crippen LogP contribution in [0.2, 0.25) is 0 Å². The first kappa shape index (κ1) is 23.4. The molecule has 8 heteroatoms. The maximum atomic E-state index is 14.1. The van der Waals surface area contributed by atoms with Crippen molar-refractivity contribution in [3.63, 3.8) is 0 Å². The average molecular weight is 492 g/mol. The number of guanidine groups is 1. The molecule has 2 N–H and O–H groups in total. The van der Waals surface area contributed by atoms with Crippen LogP contribution >= 0.6 is 24.0 Å². The first-order valence-corrected chi connectivity index (χ1v) is 8.67. The molecule has 5 nitrogen and oxygen atoms in total. The highest BCUT2D eigenvalue weighted by molar-refractivity contribution is 14.0. The van der Waals surface area contributed by atoms with E-state index >= 15 is 0 Å². The molecule has 0 saturated carbocycles. The Kier molecular flexibility index (Phi) is 10.3. The third kappa shape index (κ3) is 7.10. The minimum absolute atomic E-state index is 0. The molecule has 1 aromatic heterocycles. The Morgan fingerprint density at radius 2 is 1.85 bits per heavy atom. The van der Waals surface area contributed by atoms with Gasteiger partial charge in [-0.05, 0) is 45.3 Å². The number of hydrogen-bond donors (Lipinski definition) is 2. The van der Waals surface area contributed by atoms with Crippen molar-refractivity contribution in [2.45, 2.75) is 19.4 Å². The van der Waals surface area contributed by atoms with E-state index in [9.17, 15) is 8.78 Å². The van der Waals surface area contributed by atoms with Gasteiger partial charge >= 0.3 is 0 Å². The summed E-state index contributed by atoms with van der Waals surface area (Å²) in [5, 5.41) is 6.35. The molecule has 150 valence electrons. The zero-order valence-electron chi connectivity index (χ0n) is 15.8. The van der Waals surface area contributed by atoms with Crippen LogP contribution in [0, 0.1) is 11.6 Å². The van der Waals surface area contributed by atoms with Crippen LogP contribution in [0.15, 0.2) is 46.0 Å². The number of nitrogens with zero attached hydrogens (tertiary/aromatic N) is 2. The van der Waals surface area contributed by atoms with E-state index in [2.05, 4.69) is 15.6 Å². The fourth-order valence-electron chi connectivity index (χ4n) is 2.62. The lowest BCUT2D eigenvalue weighted by Gasteiger charge is -2.24. The summed E-state index contributed by atoms with van der Waals surface area (Å²) in [6.07, 6.45) is 2.36. The lowest BCUT2D eigenvalue weighted by atomic mass is 10.0. The zero-order chi connectivity index (χ0) is 18.9. The van der Waals surface area contributed by atoms with Gasteiger partial charge in [0.25, 0.3) is 0 Å². The third-order valence-electron chi connectivity index (χ3n) is 3.97. The Labute approximate surface area is 176 Å². The number of nitrogens with one attached hydrogen (secondary N) is 2. The van der Waals surface area contributed by atoms with Gasteiger partial charge in [0.1, 0.15) is 17.4 Å². The minimum atomic E-state index is -0.560. The summed E-state index contributed by atoms with van der Waals surface area (Å²) in [4.78, 5) is 6.26. The normalized spacial score (nSPS) is 12.6. The van der Waals surface area contributed by atoms with Crippen molar-refractivity contribution in [2.24, 2.45) is 4.99 Å². The molecule has 1 aromatic carbocycles. The van der Waals surface area contributed by atoms with E-state index in [1.807, 2.05) is 19.1 Å². The second-order valence-corrected chi connectivity index (χ2v) is 6.09. The highest BCUT2D eigenvalue weighted by Gasteiger charge is 2.22. The van der Waals surface area contributed by atoms with Gasteiger partial charge in [-0.25, -0.2) is 8.78 Å². The number of halogens is 3. The molecule has 2 rings (SSSR count). The van der Waals surface area contributed by atoms with Gasteiger partial charge in [-0.1, -0.05) is 6.07 Å². The molecule has 1 atom stereocenters. The molecule has 0 bridgehead atoms. The lowest BCUT2D eigenvalue weighted by Crippen LogP contribution is -2.39. The summed E-state index contributed by atoms with van der Waals surface area (Å²) in [5.74, 6) is 0.361. The molecule has 2 aromatic rings. The molecule has 0 spiro atoms. The predicted octanol–water partition coefficient (Wildman–Crippen LogP) is 3.58. The highest BCUT2D eigenvalue weighted by Crippen LogP contribution is 2.24. The fraction of sp³-hybridized carbons (Fsp3) is 0.421. The molecule has 0 aliphatic rings. The van der Waals surface area contributed by atoms with Crippen LogP contribution in [0.5, 0.6) is 0 Å². The topological polar surface area (TPSA) is 52.8 Å². The highest BCUT2D eigenvalue weighted by atomic mass is 127. The van der Waals surface area contributed by atoms with E-state index < -0.39 is 17.7 Å². The Balaban J connectivity index is 0.00000364. The van der Waals surface area contributed by atoms with Gasteiger partial charge in [-0.3, -0.25) is 4.99 Å². The molecule has 0 saturated heterocycles. The fourth-order valence-corrected chi connectivity index (χ4v) is 2.62. The van der Waals surface area contributed by atoms with Crippen LogP contribution in [0.3, 0.4) is 0 Å². The van der Waals surface area contributed by atoms with E-state index in [1.54, 1.807) is 25.3 Å². The number of furan rings is 1. The summed E-state index contributed by atoms with van der Waals surface area (Å²) in [6, 6.07) is 7.16. The molecular weight excluding hydrogens is 465 g/mol. The van der Waals surface area contributed by atoms with Crippen LogP contribution in [-0.4, -0.2) is 44.6 Å². The SMILES string of the molecule is CCNC(=NCC(c1c(F)cccc1F)N(C)C)NCCc1ccco1.I. The molecule has 1 unspecified atom stereocenters. The van der Waals surface area contributed by atoms with Crippen molar-refractivity contribution in [3.05, 3.63) is 59.6 Å². The van der Waals surface area contributed by atoms with Crippen LogP contribution in [0.4, 0.5) is 8.78 Å². The second-order valence-electron chi connectivity index (χ2n) is 6.09. The summed E-state index contributed by atoms with van der Waals surface area (Å²) in [7, 11) is 3.56.